The van der Waals surface area contributed by atoms with Crippen molar-refractivity contribution in [2.75, 3.05) is 13.4 Å². The minimum absolute atomic E-state index is 0.179. The highest BCUT2D eigenvalue weighted by atomic mass is 35.5. The average Bonchev–Trinajstić information content (AvgIpc) is 3.37. The van der Waals surface area contributed by atoms with E-state index in [4.69, 9.17) is 25.8 Å². The molecule has 0 saturated heterocycles. The highest BCUT2D eigenvalue weighted by Gasteiger charge is 2.33. The highest BCUT2D eigenvalue weighted by molar-refractivity contribution is 7.07. The number of carbonyl (C=O) groups excluding carboxylic acids is 1. The van der Waals surface area contributed by atoms with Crippen LogP contribution in [0.1, 0.15) is 31.0 Å². The maximum absolute atomic E-state index is 13.6. The fourth-order valence-corrected chi connectivity index (χ4v) is 5.08. The van der Waals surface area contributed by atoms with Crippen LogP contribution in [0, 0.1) is 0 Å². The van der Waals surface area contributed by atoms with Crippen LogP contribution in [0.25, 0.3) is 6.08 Å². The fraction of sp³-hybridized carbons (Fsp3) is 0.208. The van der Waals surface area contributed by atoms with E-state index in [1.807, 2.05) is 18.2 Å². The molecule has 9 heteroatoms. The molecule has 0 amide bonds. The zero-order valence-electron chi connectivity index (χ0n) is 17.8. The van der Waals surface area contributed by atoms with Crippen molar-refractivity contribution in [3.8, 4) is 11.5 Å². The second kappa shape index (κ2) is 8.53. The van der Waals surface area contributed by atoms with Crippen LogP contribution < -0.4 is 24.4 Å². The first-order valence-electron chi connectivity index (χ1n) is 10.3. The molecule has 0 bridgehead atoms. The van der Waals surface area contributed by atoms with Gasteiger partial charge < -0.3 is 14.2 Å². The average molecular weight is 483 g/mol. The van der Waals surface area contributed by atoms with E-state index in [-0.39, 0.29) is 19.0 Å². The Morgan fingerprint density at radius 2 is 2.00 bits per heavy atom. The lowest BCUT2D eigenvalue weighted by atomic mass is 9.96. The molecule has 3 aromatic rings. The van der Waals surface area contributed by atoms with E-state index in [0.29, 0.717) is 37.1 Å². The molecule has 1 atom stereocenters. The van der Waals surface area contributed by atoms with E-state index in [9.17, 15) is 9.59 Å². The molecule has 0 N–H and O–H groups in total. The van der Waals surface area contributed by atoms with Crippen LogP contribution in [0.15, 0.2) is 63.5 Å². The van der Waals surface area contributed by atoms with Gasteiger partial charge in [0.05, 0.1) is 28.5 Å². The number of thiazole rings is 1. The molecule has 2 aliphatic heterocycles. The molecule has 0 spiro atoms. The summed E-state index contributed by atoms with van der Waals surface area (Å²) in [6.07, 6.45) is 1.79. The second-order valence-electron chi connectivity index (χ2n) is 7.47. The van der Waals surface area contributed by atoms with Crippen LogP contribution in [-0.4, -0.2) is 23.9 Å². The number of carbonyl (C=O) groups is 1. The molecule has 0 aliphatic carbocycles. The summed E-state index contributed by atoms with van der Waals surface area (Å²) in [5, 5.41) is 0.562. The molecule has 1 aromatic heterocycles. The molecule has 0 fully saturated rings. The van der Waals surface area contributed by atoms with Crippen molar-refractivity contribution >= 4 is 35.0 Å². The third-order valence-corrected chi connectivity index (χ3v) is 6.63. The van der Waals surface area contributed by atoms with Crippen molar-refractivity contribution in [1.29, 1.82) is 0 Å². The third kappa shape index (κ3) is 3.85. The number of fused-ring (bicyclic) bond motifs is 2. The summed E-state index contributed by atoms with van der Waals surface area (Å²) in [6.45, 7) is 3.89. The van der Waals surface area contributed by atoms with Gasteiger partial charge in [0.25, 0.3) is 5.56 Å². The SMILES string of the molecule is CCOC(=O)C1=C(C)N=c2s/c(=C\c3ccc4c(c3)OCO4)c(=O)n2[C@H]1c1ccc(Cl)cc1. The summed E-state index contributed by atoms with van der Waals surface area (Å²) < 4.78 is 18.1. The lowest BCUT2D eigenvalue weighted by Gasteiger charge is -2.24. The number of ether oxygens (including phenoxy) is 3. The predicted octanol–water partition coefficient (Wildman–Crippen LogP) is 3.18. The van der Waals surface area contributed by atoms with Gasteiger partial charge in [0.1, 0.15) is 0 Å². The monoisotopic (exact) mass is 482 g/mol. The predicted molar refractivity (Wildman–Crippen MR) is 124 cm³/mol. The topological polar surface area (TPSA) is 79.1 Å². The molecule has 0 saturated carbocycles. The smallest absolute Gasteiger partial charge is 0.338 e. The summed E-state index contributed by atoms with van der Waals surface area (Å²) in [5.41, 5.74) is 2.15. The number of halogens is 1. The molecule has 2 aliphatic rings. The van der Waals surface area contributed by atoms with Crippen molar-refractivity contribution in [3.05, 3.63) is 89.6 Å². The van der Waals surface area contributed by atoms with Crippen molar-refractivity contribution in [1.82, 2.24) is 4.57 Å². The summed E-state index contributed by atoms with van der Waals surface area (Å²) in [7, 11) is 0. The molecule has 33 heavy (non-hydrogen) atoms. The molecule has 7 nitrogen and oxygen atoms in total. The van der Waals surface area contributed by atoms with Gasteiger partial charge in [-0.2, -0.15) is 0 Å². The van der Waals surface area contributed by atoms with Gasteiger partial charge >= 0.3 is 5.97 Å². The number of rotatable bonds is 4. The standard InChI is InChI=1S/C24H19ClN2O5S/c1-3-30-23(29)20-13(2)26-24-27(21(20)15-5-7-16(25)8-6-15)22(28)19(33-24)11-14-4-9-17-18(10-14)32-12-31-17/h4-11,21H,3,12H2,1-2H3/b19-11-/t21-/m0/s1. The Morgan fingerprint density at radius 3 is 2.76 bits per heavy atom. The number of nitrogens with zero attached hydrogens (tertiary/aromatic N) is 2. The minimum Gasteiger partial charge on any atom is -0.463 e. The first-order chi connectivity index (χ1) is 16.0. The van der Waals surface area contributed by atoms with Crippen LogP contribution >= 0.6 is 22.9 Å². The molecular weight excluding hydrogens is 464 g/mol. The van der Waals surface area contributed by atoms with Crippen molar-refractivity contribution < 1.29 is 19.0 Å². The molecule has 0 unspecified atom stereocenters. The van der Waals surface area contributed by atoms with Gasteiger partial charge in [-0.05, 0) is 55.3 Å². The van der Waals surface area contributed by atoms with Crippen LogP contribution in [0.5, 0.6) is 11.5 Å². The van der Waals surface area contributed by atoms with Crippen molar-refractivity contribution in [2.45, 2.75) is 19.9 Å². The molecule has 2 aromatic carbocycles. The normalized spacial score (nSPS) is 17.1. The van der Waals surface area contributed by atoms with Gasteiger partial charge in [0.2, 0.25) is 6.79 Å². The summed E-state index contributed by atoms with van der Waals surface area (Å²) in [6, 6.07) is 11.9. The quantitative estimate of drug-likeness (QED) is 0.534. The second-order valence-corrected chi connectivity index (χ2v) is 8.91. The largest absolute Gasteiger partial charge is 0.463 e. The van der Waals surface area contributed by atoms with E-state index in [1.54, 1.807) is 48.8 Å². The van der Waals surface area contributed by atoms with Crippen LogP contribution in [0.3, 0.4) is 0 Å². The van der Waals surface area contributed by atoms with E-state index in [1.165, 1.54) is 11.3 Å². The van der Waals surface area contributed by atoms with Gasteiger partial charge in [-0.1, -0.05) is 41.1 Å². The van der Waals surface area contributed by atoms with Gasteiger partial charge in [-0.3, -0.25) is 9.36 Å². The number of allylic oxidation sites excluding steroid dienone is 1. The number of esters is 1. The summed E-state index contributed by atoms with van der Waals surface area (Å²) in [5.74, 6) is 0.811. The first kappa shape index (κ1) is 21.5. The van der Waals surface area contributed by atoms with Gasteiger partial charge in [-0.15, -0.1) is 0 Å². The van der Waals surface area contributed by atoms with E-state index >= 15 is 0 Å². The Bertz CT molecular complexity index is 1470. The van der Waals surface area contributed by atoms with Crippen molar-refractivity contribution in [2.24, 2.45) is 4.99 Å². The van der Waals surface area contributed by atoms with Crippen LogP contribution in [-0.2, 0) is 9.53 Å². The Labute approximate surface area is 197 Å². The van der Waals surface area contributed by atoms with Crippen LogP contribution in [0.4, 0.5) is 0 Å². The molecule has 0 radical (unpaired) electrons. The highest BCUT2D eigenvalue weighted by Crippen LogP contribution is 2.33. The lowest BCUT2D eigenvalue weighted by molar-refractivity contribution is -0.139. The summed E-state index contributed by atoms with van der Waals surface area (Å²) >= 11 is 7.35. The Morgan fingerprint density at radius 1 is 1.24 bits per heavy atom. The number of hydrogen-bond donors (Lipinski definition) is 0. The lowest BCUT2D eigenvalue weighted by Crippen LogP contribution is -2.39. The van der Waals surface area contributed by atoms with E-state index in [0.717, 1.165) is 11.1 Å². The third-order valence-electron chi connectivity index (χ3n) is 5.40. The fourth-order valence-electron chi connectivity index (χ4n) is 3.91. The maximum atomic E-state index is 13.6. The summed E-state index contributed by atoms with van der Waals surface area (Å²) in [4.78, 5) is 31.5. The van der Waals surface area contributed by atoms with E-state index in [2.05, 4.69) is 4.99 Å². The van der Waals surface area contributed by atoms with Gasteiger partial charge in [0.15, 0.2) is 16.3 Å². The Balaban J connectivity index is 1.69. The zero-order chi connectivity index (χ0) is 23.1. The Hall–Kier alpha value is -3.36. The minimum atomic E-state index is -0.670. The first-order valence-corrected chi connectivity index (χ1v) is 11.5. The van der Waals surface area contributed by atoms with Gasteiger partial charge in [0, 0.05) is 5.02 Å². The number of aromatic nitrogens is 1. The van der Waals surface area contributed by atoms with Crippen LogP contribution in [0.2, 0.25) is 5.02 Å². The van der Waals surface area contributed by atoms with Crippen molar-refractivity contribution in [3.63, 3.8) is 0 Å². The number of benzene rings is 2. The number of hydrogen-bond acceptors (Lipinski definition) is 7. The Kier molecular flexibility index (Phi) is 5.55. The maximum Gasteiger partial charge on any atom is 0.338 e. The van der Waals surface area contributed by atoms with E-state index < -0.39 is 12.0 Å². The van der Waals surface area contributed by atoms with Gasteiger partial charge in [-0.25, -0.2) is 9.79 Å². The molecule has 168 valence electrons. The molecular formula is C24H19ClN2O5S. The molecule has 5 rings (SSSR count). The zero-order valence-corrected chi connectivity index (χ0v) is 19.4. The molecule has 3 heterocycles.